The van der Waals surface area contributed by atoms with Crippen LogP contribution in [-0.4, -0.2) is 30.8 Å². The smallest absolute Gasteiger partial charge is 0.407 e. The van der Waals surface area contributed by atoms with Crippen molar-refractivity contribution in [3.05, 3.63) is 0 Å². The molecule has 0 unspecified atom stereocenters. The molecule has 1 aliphatic rings. The molecule has 4 nitrogen and oxygen atoms in total. The number of hydrogen-bond donors (Lipinski definition) is 2. The van der Waals surface area contributed by atoms with E-state index < -0.39 is 5.60 Å². The average Bonchev–Trinajstić information content (AvgIpc) is 2.34. The van der Waals surface area contributed by atoms with Crippen LogP contribution in [0.4, 0.5) is 4.79 Å². The first-order chi connectivity index (χ1) is 5.97. The van der Waals surface area contributed by atoms with Crippen LogP contribution in [0.25, 0.3) is 0 Å². The van der Waals surface area contributed by atoms with Gasteiger partial charge in [0.25, 0.3) is 0 Å². The van der Waals surface area contributed by atoms with Gasteiger partial charge in [0, 0.05) is 12.6 Å². The lowest BCUT2D eigenvalue weighted by atomic mass is 10.2. The van der Waals surface area contributed by atoms with Crippen molar-refractivity contribution >= 4 is 18.5 Å². The SMILES string of the molecule is CC(C)(C)OC(=O)N[C@H]1CCNC1.Cl. The molecule has 5 heteroatoms. The van der Waals surface area contributed by atoms with Crippen LogP contribution >= 0.6 is 12.4 Å². The van der Waals surface area contributed by atoms with Gasteiger partial charge in [0.1, 0.15) is 5.60 Å². The van der Waals surface area contributed by atoms with Gasteiger partial charge in [-0.1, -0.05) is 0 Å². The zero-order valence-corrected chi connectivity index (χ0v) is 9.74. The predicted molar refractivity (Wildman–Crippen MR) is 57.9 cm³/mol. The standard InChI is InChI=1S/C9H18N2O2.ClH/c1-9(2,3)13-8(12)11-7-4-5-10-6-7;/h7,10H,4-6H2,1-3H3,(H,11,12);1H/t7-;/m0./s1. The van der Waals surface area contributed by atoms with Crippen molar-refractivity contribution in [3.8, 4) is 0 Å². The summed E-state index contributed by atoms with van der Waals surface area (Å²) in [7, 11) is 0. The molecular weight excluding hydrogens is 204 g/mol. The zero-order valence-electron chi connectivity index (χ0n) is 8.92. The lowest BCUT2D eigenvalue weighted by Crippen LogP contribution is -2.40. The Morgan fingerprint density at radius 3 is 2.57 bits per heavy atom. The van der Waals surface area contributed by atoms with E-state index in [-0.39, 0.29) is 24.5 Å². The second-order valence-electron chi connectivity index (χ2n) is 4.34. The quantitative estimate of drug-likeness (QED) is 0.703. The third-order valence-corrected chi connectivity index (χ3v) is 1.78. The van der Waals surface area contributed by atoms with Crippen molar-refractivity contribution in [2.24, 2.45) is 0 Å². The molecule has 1 rings (SSSR count). The van der Waals surface area contributed by atoms with Gasteiger partial charge in [-0.05, 0) is 33.7 Å². The maximum atomic E-state index is 11.3. The van der Waals surface area contributed by atoms with Gasteiger partial charge in [0.15, 0.2) is 0 Å². The first-order valence-electron chi connectivity index (χ1n) is 4.67. The van der Waals surface area contributed by atoms with Crippen molar-refractivity contribution in [1.82, 2.24) is 10.6 Å². The Morgan fingerprint density at radius 2 is 2.14 bits per heavy atom. The summed E-state index contributed by atoms with van der Waals surface area (Å²) in [6.45, 7) is 7.40. The van der Waals surface area contributed by atoms with Crippen molar-refractivity contribution in [2.45, 2.75) is 38.8 Å². The second kappa shape index (κ2) is 5.41. The van der Waals surface area contributed by atoms with Gasteiger partial charge in [-0.3, -0.25) is 0 Å². The number of alkyl carbamates (subject to hydrolysis) is 1. The minimum absolute atomic E-state index is 0. The highest BCUT2D eigenvalue weighted by Crippen LogP contribution is 2.07. The van der Waals surface area contributed by atoms with E-state index >= 15 is 0 Å². The van der Waals surface area contributed by atoms with E-state index in [0.29, 0.717) is 0 Å². The molecule has 0 bridgehead atoms. The summed E-state index contributed by atoms with van der Waals surface area (Å²) in [6.07, 6.45) is 0.667. The van der Waals surface area contributed by atoms with E-state index in [1.807, 2.05) is 20.8 Å². The molecule has 1 amide bonds. The maximum Gasteiger partial charge on any atom is 0.407 e. The van der Waals surface area contributed by atoms with Gasteiger partial charge >= 0.3 is 6.09 Å². The fourth-order valence-electron chi connectivity index (χ4n) is 1.25. The molecule has 14 heavy (non-hydrogen) atoms. The molecular formula is C9H19ClN2O2. The third-order valence-electron chi connectivity index (χ3n) is 1.78. The van der Waals surface area contributed by atoms with Gasteiger partial charge in [0.2, 0.25) is 0 Å². The molecule has 0 aromatic rings. The number of halogens is 1. The Labute approximate surface area is 91.2 Å². The first kappa shape index (κ1) is 13.5. The monoisotopic (exact) mass is 222 g/mol. The number of amides is 1. The molecule has 0 aliphatic carbocycles. The summed E-state index contributed by atoms with van der Waals surface area (Å²) in [5.74, 6) is 0. The summed E-state index contributed by atoms with van der Waals surface area (Å²) >= 11 is 0. The van der Waals surface area contributed by atoms with Crippen LogP contribution in [0, 0.1) is 0 Å². The fourth-order valence-corrected chi connectivity index (χ4v) is 1.25. The Hall–Kier alpha value is -0.480. The minimum Gasteiger partial charge on any atom is -0.444 e. The Kier molecular flexibility index (Phi) is 5.23. The third kappa shape index (κ3) is 5.29. The van der Waals surface area contributed by atoms with Crippen LogP contribution < -0.4 is 10.6 Å². The lowest BCUT2D eigenvalue weighted by molar-refractivity contribution is 0.0508. The van der Waals surface area contributed by atoms with Gasteiger partial charge in [-0.15, -0.1) is 12.4 Å². The van der Waals surface area contributed by atoms with E-state index in [2.05, 4.69) is 10.6 Å². The lowest BCUT2D eigenvalue weighted by Gasteiger charge is -2.21. The molecule has 0 saturated carbocycles. The van der Waals surface area contributed by atoms with Crippen LogP contribution in [0.3, 0.4) is 0 Å². The molecule has 1 fully saturated rings. The fraction of sp³-hybridized carbons (Fsp3) is 0.889. The summed E-state index contributed by atoms with van der Waals surface area (Å²) in [5.41, 5.74) is -0.407. The Bertz CT molecular complexity index is 186. The summed E-state index contributed by atoms with van der Waals surface area (Å²) in [5, 5.41) is 5.98. The molecule has 0 spiro atoms. The largest absolute Gasteiger partial charge is 0.444 e. The minimum atomic E-state index is -0.407. The van der Waals surface area contributed by atoms with Gasteiger partial charge in [-0.25, -0.2) is 4.79 Å². The van der Waals surface area contributed by atoms with Crippen molar-refractivity contribution < 1.29 is 9.53 Å². The van der Waals surface area contributed by atoms with Crippen molar-refractivity contribution in [2.75, 3.05) is 13.1 Å². The van der Waals surface area contributed by atoms with Crippen molar-refractivity contribution in [1.29, 1.82) is 0 Å². The van der Waals surface area contributed by atoms with E-state index in [1.165, 1.54) is 0 Å². The summed E-state index contributed by atoms with van der Waals surface area (Å²) in [6, 6.07) is 0.231. The number of rotatable bonds is 1. The van der Waals surface area contributed by atoms with Crippen LogP contribution in [0.15, 0.2) is 0 Å². The average molecular weight is 223 g/mol. The highest BCUT2D eigenvalue weighted by Gasteiger charge is 2.21. The van der Waals surface area contributed by atoms with Gasteiger partial charge in [-0.2, -0.15) is 0 Å². The number of hydrogen-bond acceptors (Lipinski definition) is 3. The molecule has 0 aromatic carbocycles. The number of ether oxygens (including phenoxy) is 1. The maximum absolute atomic E-state index is 11.3. The van der Waals surface area contributed by atoms with Crippen LogP contribution in [0.1, 0.15) is 27.2 Å². The molecule has 1 saturated heterocycles. The highest BCUT2D eigenvalue weighted by molar-refractivity contribution is 5.85. The predicted octanol–water partition coefficient (Wildman–Crippen LogP) is 1.29. The van der Waals surface area contributed by atoms with E-state index in [1.54, 1.807) is 0 Å². The Morgan fingerprint density at radius 1 is 1.50 bits per heavy atom. The summed E-state index contributed by atoms with van der Waals surface area (Å²) < 4.78 is 5.12. The normalized spacial score (nSPS) is 21.2. The summed E-state index contributed by atoms with van der Waals surface area (Å²) in [4.78, 5) is 11.3. The molecule has 2 N–H and O–H groups in total. The van der Waals surface area contributed by atoms with Crippen LogP contribution in [0.5, 0.6) is 0 Å². The van der Waals surface area contributed by atoms with Crippen molar-refractivity contribution in [3.63, 3.8) is 0 Å². The van der Waals surface area contributed by atoms with Gasteiger partial charge < -0.3 is 15.4 Å². The Balaban J connectivity index is 0.00000169. The second-order valence-corrected chi connectivity index (χ2v) is 4.34. The van der Waals surface area contributed by atoms with E-state index in [9.17, 15) is 4.79 Å². The molecule has 0 radical (unpaired) electrons. The number of nitrogens with one attached hydrogen (secondary N) is 2. The molecule has 84 valence electrons. The van der Waals surface area contributed by atoms with Crippen LogP contribution in [0.2, 0.25) is 0 Å². The molecule has 1 heterocycles. The topological polar surface area (TPSA) is 50.4 Å². The zero-order chi connectivity index (χ0) is 9.90. The van der Waals surface area contributed by atoms with E-state index in [4.69, 9.17) is 4.74 Å². The number of carbonyl (C=O) groups is 1. The molecule has 1 aliphatic heterocycles. The highest BCUT2D eigenvalue weighted by atomic mass is 35.5. The first-order valence-corrected chi connectivity index (χ1v) is 4.67. The van der Waals surface area contributed by atoms with E-state index in [0.717, 1.165) is 19.5 Å². The molecule has 1 atom stereocenters. The number of carbonyl (C=O) groups excluding carboxylic acids is 1. The van der Waals surface area contributed by atoms with Gasteiger partial charge in [0.05, 0.1) is 0 Å². The van der Waals surface area contributed by atoms with Crippen LogP contribution in [-0.2, 0) is 4.74 Å². The molecule has 0 aromatic heterocycles.